The summed E-state index contributed by atoms with van der Waals surface area (Å²) >= 11 is 0. The standard InChI is InChI=1S/C28H39N3O4/c1-5-6-7-8-20-10-12-21(13-11-20)24-17-31(30-29-24)25-19(3)23-14-9-18(2)22-15-16-27(4)33-26(32-25)28(22,23)35-34-27/h10-13,17-19,22-23,25-26H,5-9,14-16H2,1-4H3/t18-,19+,22+,23+,25+,26-,27-,28-/m1/s1. The Hall–Kier alpha value is -1.80. The van der Waals surface area contributed by atoms with Crippen molar-refractivity contribution in [3.63, 3.8) is 0 Å². The number of nitrogens with zero attached hydrogens (tertiary/aromatic N) is 3. The quantitative estimate of drug-likeness (QED) is 0.369. The summed E-state index contributed by atoms with van der Waals surface area (Å²) in [7, 11) is 0. The van der Waals surface area contributed by atoms with Crippen LogP contribution in [0.4, 0.5) is 0 Å². The molecule has 5 aliphatic rings. The molecule has 8 atom stereocenters. The molecular formula is C28H39N3O4. The Bertz CT molecular complexity index is 1040. The molecule has 2 aromatic rings. The van der Waals surface area contributed by atoms with Crippen LogP contribution in [0.15, 0.2) is 30.5 Å². The second-order valence-corrected chi connectivity index (χ2v) is 11.5. The van der Waals surface area contributed by atoms with Gasteiger partial charge in [-0.15, -0.1) is 5.10 Å². The van der Waals surface area contributed by atoms with Crippen LogP contribution in [-0.2, 0) is 25.7 Å². The lowest BCUT2D eigenvalue weighted by Gasteiger charge is -2.60. The molecule has 0 radical (unpaired) electrons. The molecule has 7 rings (SSSR count). The second kappa shape index (κ2) is 8.94. The van der Waals surface area contributed by atoms with E-state index in [1.54, 1.807) is 0 Å². The molecule has 190 valence electrons. The molecule has 1 spiro atoms. The molecule has 7 nitrogen and oxygen atoms in total. The van der Waals surface area contributed by atoms with Crippen LogP contribution in [0.25, 0.3) is 11.3 Å². The van der Waals surface area contributed by atoms with E-state index in [4.69, 9.17) is 19.2 Å². The van der Waals surface area contributed by atoms with Gasteiger partial charge in [-0.05, 0) is 56.4 Å². The predicted molar refractivity (Wildman–Crippen MR) is 131 cm³/mol. The summed E-state index contributed by atoms with van der Waals surface area (Å²) in [5.74, 6) is 0.601. The summed E-state index contributed by atoms with van der Waals surface area (Å²) in [5.41, 5.74) is 2.77. The van der Waals surface area contributed by atoms with Gasteiger partial charge in [0, 0.05) is 23.8 Å². The lowest BCUT2D eigenvalue weighted by Crippen LogP contribution is -2.69. The Labute approximate surface area is 208 Å². The summed E-state index contributed by atoms with van der Waals surface area (Å²) < 4.78 is 15.1. The maximum absolute atomic E-state index is 6.70. The normalized spacial score (nSPS) is 40.3. The zero-order chi connectivity index (χ0) is 24.2. The number of hydrogen-bond donors (Lipinski definition) is 0. The van der Waals surface area contributed by atoms with Gasteiger partial charge in [0.2, 0.25) is 5.79 Å². The highest BCUT2D eigenvalue weighted by molar-refractivity contribution is 5.58. The van der Waals surface area contributed by atoms with Crippen molar-refractivity contribution < 1.29 is 19.2 Å². The number of aromatic nitrogens is 3. The van der Waals surface area contributed by atoms with Crippen molar-refractivity contribution in [2.24, 2.45) is 23.7 Å². The Kier molecular flexibility index (Phi) is 6.03. The highest BCUT2D eigenvalue weighted by atomic mass is 17.3. The first-order chi connectivity index (χ1) is 16.9. The Morgan fingerprint density at radius 2 is 1.86 bits per heavy atom. The van der Waals surface area contributed by atoms with E-state index in [0.717, 1.165) is 36.9 Å². The number of hydrogen-bond acceptors (Lipinski definition) is 6. The van der Waals surface area contributed by atoms with Gasteiger partial charge < -0.3 is 9.47 Å². The molecule has 1 saturated carbocycles. The fourth-order valence-electron chi connectivity index (χ4n) is 7.14. The fourth-order valence-corrected chi connectivity index (χ4v) is 7.14. The Balaban J connectivity index is 1.25. The fraction of sp³-hybridized carbons (Fsp3) is 0.714. The predicted octanol–water partition coefficient (Wildman–Crippen LogP) is 6.06. The monoisotopic (exact) mass is 481 g/mol. The number of benzene rings is 1. The minimum Gasteiger partial charge on any atom is -0.324 e. The smallest absolute Gasteiger partial charge is 0.201 e. The van der Waals surface area contributed by atoms with Crippen LogP contribution in [0, 0.1) is 23.7 Å². The summed E-state index contributed by atoms with van der Waals surface area (Å²) in [6.07, 6.45) is 10.3. The molecular weight excluding hydrogens is 442 g/mol. The Morgan fingerprint density at radius 3 is 2.66 bits per heavy atom. The van der Waals surface area contributed by atoms with Crippen molar-refractivity contribution >= 4 is 0 Å². The van der Waals surface area contributed by atoms with Crippen LogP contribution in [0.1, 0.15) is 84.4 Å². The van der Waals surface area contributed by atoms with Crippen LogP contribution in [0.3, 0.4) is 0 Å². The third kappa shape index (κ3) is 3.86. The van der Waals surface area contributed by atoms with Crippen molar-refractivity contribution in [1.82, 2.24) is 15.0 Å². The maximum Gasteiger partial charge on any atom is 0.201 e. The van der Waals surface area contributed by atoms with Gasteiger partial charge >= 0.3 is 0 Å². The van der Waals surface area contributed by atoms with E-state index in [0.29, 0.717) is 11.8 Å². The average molecular weight is 482 g/mol. The largest absolute Gasteiger partial charge is 0.324 e. The van der Waals surface area contributed by atoms with E-state index in [1.807, 2.05) is 17.8 Å². The molecule has 35 heavy (non-hydrogen) atoms. The molecule has 0 N–H and O–H groups in total. The SMILES string of the molecule is CCCCCc1ccc(-c2cn([C@H]3O[C@@H]4O[C@@]5(C)CC[C@H]6[C@H](C)CC[C@@H]([C@@H]3C)[C@@]46OO5)nn2)cc1. The van der Waals surface area contributed by atoms with E-state index < -0.39 is 17.7 Å². The van der Waals surface area contributed by atoms with Gasteiger partial charge in [0.05, 0.1) is 6.20 Å². The van der Waals surface area contributed by atoms with Gasteiger partial charge in [-0.2, -0.15) is 0 Å². The average Bonchev–Trinajstić information content (AvgIpc) is 3.23. The van der Waals surface area contributed by atoms with Gasteiger partial charge in [-0.25, -0.2) is 14.5 Å². The molecule has 7 heteroatoms. The third-order valence-electron chi connectivity index (χ3n) is 9.21. The second-order valence-electron chi connectivity index (χ2n) is 11.5. The number of ether oxygens (including phenoxy) is 2. The molecule has 4 aliphatic heterocycles. The van der Waals surface area contributed by atoms with Crippen molar-refractivity contribution in [2.75, 3.05) is 0 Å². The molecule has 1 aromatic heterocycles. The molecule has 0 amide bonds. The van der Waals surface area contributed by atoms with Gasteiger partial charge in [-0.3, -0.25) is 0 Å². The molecule has 1 aliphatic carbocycles. The van der Waals surface area contributed by atoms with Crippen molar-refractivity contribution in [3.8, 4) is 11.3 Å². The summed E-state index contributed by atoms with van der Waals surface area (Å²) in [6.45, 7) is 8.80. The maximum atomic E-state index is 6.70. The van der Waals surface area contributed by atoms with Crippen molar-refractivity contribution in [3.05, 3.63) is 36.0 Å². The first kappa shape index (κ1) is 23.6. The Morgan fingerprint density at radius 1 is 1.03 bits per heavy atom. The topological polar surface area (TPSA) is 67.6 Å². The van der Waals surface area contributed by atoms with Crippen LogP contribution >= 0.6 is 0 Å². The molecule has 5 fully saturated rings. The molecule has 4 saturated heterocycles. The van der Waals surface area contributed by atoms with E-state index in [-0.39, 0.29) is 18.1 Å². The number of rotatable bonds is 6. The van der Waals surface area contributed by atoms with Crippen molar-refractivity contribution in [1.29, 1.82) is 0 Å². The minimum absolute atomic E-state index is 0.186. The zero-order valence-electron chi connectivity index (χ0n) is 21.5. The summed E-state index contributed by atoms with van der Waals surface area (Å²) in [4.78, 5) is 12.2. The first-order valence-electron chi connectivity index (χ1n) is 13.6. The van der Waals surface area contributed by atoms with Crippen LogP contribution in [-0.4, -0.2) is 32.7 Å². The van der Waals surface area contributed by atoms with Gasteiger partial charge in [0.25, 0.3) is 0 Å². The van der Waals surface area contributed by atoms with E-state index in [9.17, 15) is 0 Å². The number of fused-ring (bicyclic) bond motifs is 2. The van der Waals surface area contributed by atoms with E-state index in [2.05, 4.69) is 55.3 Å². The summed E-state index contributed by atoms with van der Waals surface area (Å²) in [6, 6.07) is 8.74. The number of aryl methyl sites for hydroxylation is 1. The first-order valence-corrected chi connectivity index (χ1v) is 13.6. The highest BCUT2D eigenvalue weighted by Crippen LogP contribution is 2.61. The molecule has 2 bridgehead atoms. The molecule has 0 unspecified atom stereocenters. The highest BCUT2D eigenvalue weighted by Gasteiger charge is 2.69. The lowest BCUT2D eigenvalue weighted by atomic mass is 9.58. The van der Waals surface area contributed by atoms with Gasteiger partial charge in [-0.1, -0.05) is 63.1 Å². The van der Waals surface area contributed by atoms with Crippen LogP contribution in [0.5, 0.6) is 0 Å². The zero-order valence-corrected chi connectivity index (χ0v) is 21.5. The van der Waals surface area contributed by atoms with Crippen molar-refractivity contribution in [2.45, 2.75) is 103 Å². The minimum atomic E-state index is -0.769. The molecule has 5 heterocycles. The van der Waals surface area contributed by atoms with Gasteiger partial charge in [0.15, 0.2) is 18.1 Å². The molecule has 1 aromatic carbocycles. The van der Waals surface area contributed by atoms with Crippen LogP contribution < -0.4 is 0 Å². The number of unbranched alkanes of at least 4 members (excludes halogenated alkanes) is 2. The third-order valence-corrected chi connectivity index (χ3v) is 9.21. The summed E-state index contributed by atoms with van der Waals surface area (Å²) in [5, 5.41) is 9.03. The lowest BCUT2D eigenvalue weighted by molar-refractivity contribution is -0.574. The van der Waals surface area contributed by atoms with E-state index >= 15 is 0 Å². The van der Waals surface area contributed by atoms with E-state index in [1.165, 1.54) is 31.2 Å². The van der Waals surface area contributed by atoms with Gasteiger partial charge in [0.1, 0.15) is 5.69 Å². The van der Waals surface area contributed by atoms with Crippen LogP contribution in [0.2, 0.25) is 0 Å².